The second kappa shape index (κ2) is 12.1. The maximum absolute atomic E-state index is 13.0. The second-order valence-corrected chi connectivity index (χ2v) is 12.0. The highest BCUT2D eigenvalue weighted by atomic mass is 16.6. The largest absolute Gasteiger partial charge is 0.447 e. The number of carbonyl (C=O) groups is 2. The van der Waals surface area contributed by atoms with Gasteiger partial charge in [0.25, 0.3) is 0 Å². The lowest BCUT2D eigenvalue weighted by molar-refractivity contribution is 0.0888. The van der Waals surface area contributed by atoms with Crippen LogP contribution in [0, 0.1) is 12.8 Å². The van der Waals surface area contributed by atoms with Crippen molar-refractivity contribution >= 4 is 33.7 Å². The topological polar surface area (TPSA) is 97.2 Å². The monoisotopic (exact) mass is 580 g/mol. The summed E-state index contributed by atoms with van der Waals surface area (Å²) in [5.74, 6) is 1.30. The van der Waals surface area contributed by atoms with Crippen LogP contribution < -0.4 is 5.32 Å². The molecule has 2 aliphatic rings. The number of fused-ring (bicyclic) bond motifs is 4. The molecule has 0 radical (unpaired) electrons. The quantitative estimate of drug-likeness (QED) is 0.281. The summed E-state index contributed by atoms with van der Waals surface area (Å²) in [6.07, 6.45) is 9.25. The molecule has 1 aliphatic carbocycles. The van der Waals surface area contributed by atoms with E-state index in [1.807, 2.05) is 25.3 Å². The fourth-order valence-electron chi connectivity index (χ4n) is 6.39. The van der Waals surface area contributed by atoms with Gasteiger partial charge in [-0.25, -0.2) is 9.78 Å². The summed E-state index contributed by atoms with van der Waals surface area (Å²) in [6.45, 7) is 4.20. The zero-order valence-corrected chi connectivity index (χ0v) is 25.4. The maximum atomic E-state index is 13.0. The Kier molecular flexibility index (Phi) is 8.08. The van der Waals surface area contributed by atoms with Crippen LogP contribution in [0.15, 0.2) is 61.1 Å². The number of alkyl carbamates (subject to hydrolysis) is 1. The molecule has 7 rings (SSSR count). The van der Waals surface area contributed by atoms with E-state index in [0.717, 1.165) is 61.1 Å². The lowest BCUT2D eigenvalue weighted by atomic mass is 9.85. The molecule has 5 aromatic rings. The summed E-state index contributed by atoms with van der Waals surface area (Å²) in [7, 11) is 6.24. The van der Waals surface area contributed by atoms with Gasteiger partial charge in [0, 0.05) is 77.7 Å². The molecular formula is C34H40N6O3. The highest BCUT2D eigenvalue weighted by molar-refractivity contribution is 6.11. The zero-order chi connectivity index (χ0) is 30.1. The molecule has 9 nitrogen and oxygen atoms in total. The van der Waals surface area contributed by atoms with Crippen LogP contribution >= 0.6 is 0 Å². The first-order valence-electron chi connectivity index (χ1n) is 15.0. The Hall–Kier alpha value is -4.37. The van der Waals surface area contributed by atoms with Crippen molar-refractivity contribution in [2.24, 2.45) is 13.0 Å². The van der Waals surface area contributed by atoms with Crippen LogP contribution in [-0.2, 0) is 37.6 Å². The Bertz CT molecular complexity index is 1780. The molecule has 2 aromatic carbocycles. The summed E-state index contributed by atoms with van der Waals surface area (Å²) in [4.78, 5) is 33.9. The van der Waals surface area contributed by atoms with E-state index < -0.39 is 0 Å². The van der Waals surface area contributed by atoms with Gasteiger partial charge in [0.2, 0.25) is 0 Å². The molecule has 9 heteroatoms. The van der Waals surface area contributed by atoms with Crippen molar-refractivity contribution in [2.45, 2.75) is 45.2 Å². The van der Waals surface area contributed by atoms with Gasteiger partial charge in [0.15, 0.2) is 5.78 Å². The molecule has 1 aliphatic heterocycles. The van der Waals surface area contributed by atoms with Gasteiger partial charge in [-0.2, -0.15) is 0 Å². The third kappa shape index (κ3) is 5.95. The molecule has 0 spiro atoms. The van der Waals surface area contributed by atoms with Crippen molar-refractivity contribution in [3.05, 3.63) is 89.3 Å². The predicted molar refractivity (Wildman–Crippen MR) is 169 cm³/mol. The number of amides is 1. The van der Waals surface area contributed by atoms with Crippen LogP contribution in [0.2, 0.25) is 0 Å². The number of cyclic esters (lactones) is 1. The Morgan fingerprint density at radius 2 is 1.95 bits per heavy atom. The minimum atomic E-state index is -0.311. The van der Waals surface area contributed by atoms with Crippen molar-refractivity contribution in [2.75, 3.05) is 27.2 Å². The number of benzene rings is 2. The van der Waals surface area contributed by atoms with E-state index in [4.69, 9.17) is 4.74 Å². The van der Waals surface area contributed by atoms with E-state index in [1.165, 1.54) is 27.7 Å². The van der Waals surface area contributed by atoms with Crippen molar-refractivity contribution in [1.82, 2.24) is 29.3 Å². The van der Waals surface area contributed by atoms with Crippen LogP contribution in [0.1, 0.15) is 39.4 Å². The van der Waals surface area contributed by atoms with Gasteiger partial charge in [0.1, 0.15) is 12.4 Å². The highest BCUT2D eigenvalue weighted by Gasteiger charge is 2.32. The molecule has 3 aromatic heterocycles. The lowest BCUT2D eigenvalue weighted by Crippen LogP contribution is -2.28. The Labute approximate surface area is 251 Å². The summed E-state index contributed by atoms with van der Waals surface area (Å²) < 4.78 is 9.20. The smallest absolute Gasteiger partial charge is 0.407 e. The number of nitrogens with zero attached hydrogens (tertiary/aromatic N) is 4. The Balaban J connectivity index is 0.000000153. The fraction of sp³-hybridized carbons (Fsp3) is 0.382. The van der Waals surface area contributed by atoms with Gasteiger partial charge < -0.3 is 29.1 Å². The molecule has 2 atom stereocenters. The molecule has 1 fully saturated rings. The van der Waals surface area contributed by atoms with Gasteiger partial charge in [-0.3, -0.25) is 4.79 Å². The number of nitrogens with one attached hydrogen (secondary N) is 2. The first kappa shape index (κ1) is 28.7. The van der Waals surface area contributed by atoms with Crippen LogP contribution in [0.5, 0.6) is 0 Å². The predicted octanol–water partition coefficient (Wildman–Crippen LogP) is 5.05. The number of para-hydroxylation sites is 1. The van der Waals surface area contributed by atoms with Crippen LogP contribution in [0.3, 0.4) is 0 Å². The van der Waals surface area contributed by atoms with E-state index in [1.54, 1.807) is 6.20 Å². The van der Waals surface area contributed by atoms with E-state index in [2.05, 4.69) is 87.0 Å². The van der Waals surface area contributed by atoms with Gasteiger partial charge in [-0.1, -0.05) is 24.3 Å². The number of aryl methyl sites for hydroxylation is 2. The normalized spacial score (nSPS) is 18.1. The number of aromatic nitrogens is 4. The van der Waals surface area contributed by atoms with Crippen molar-refractivity contribution < 1.29 is 14.3 Å². The zero-order valence-electron chi connectivity index (χ0n) is 25.4. The summed E-state index contributed by atoms with van der Waals surface area (Å²) in [5, 5.41) is 5.20. The average Bonchev–Trinajstić information content (AvgIpc) is 3.77. The number of likely N-dealkylation sites (N-methyl/N-ethyl adjacent to an activating group) is 1. The van der Waals surface area contributed by atoms with Crippen molar-refractivity contribution in [1.29, 1.82) is 0 Å². The molecule has 4 heterocycles. The first-order chi connectivity index (χ1) is 20.8. The number of rotatable bonds is 7. The molecule has 2 N–H and O–H groups in total. The van der Waals surface area contributed by atoms with Gasteiger partial charge in [-0.05, 0) is 76.0 Å². The first-order valence-corrected chi connectivity index (χ1v) is 15.0. The van der Waals surface area contributed by atoms with E-state index in [-0.39, 0.29) is 23.8 Å². The van der Waals surface area contributed by atoms with Gasteiger partial charge in [-0.15, -0.1) is 0 Å². The fourth-order valence-corrected chi connectivity index (χ4v) is 6.39. The SMILES string of the molecule is CN(C)CCc1c[nH]c2ccc(C[C@H]3COC(=O)N3)cc12.Cc1nccn1CC1CCc2c(c3ccccc3n2C)C1=O. The van der Waals surface area contributed by atoms with Gasteiger partial charge in [0.05, 0.1) is 6.04 Å². The number of hydrogen-bond donors (Lipinski definition) is 2. The van der Waals surface area contributed by atoms with E-state index >= 15 is 0 Å². The van der Waals surface area contributed by atoms with Crippen LogP contribution in [0.4, 0.5) is 4.79 Å². The average molecular weight is 581 g/mol. The van der Waals surface area contributed by atoms with Crippen molar-refractivity contribution in [3.8, 4) is 0 Å². The second-order valence-electron chi connectivity index (χ2n) is 12.0. The summed E-state index contributed by atoms with van der Waals surface area (Å²) in [5.41, 5.74) is 7.01. The molecule has 43 heavy (non-hydrogen) atoms. The van der Waals surface area contributed by atoms with Crippen molar-refractivity contribution in [3.63, 3.8) is 0 Å². The molecule has 0 saturated carbocycles. The third-order valence-electron chi connectivity index (χ3n) is 8.80. The standard InChI is InChI=1S/C18H19N3O.C16H21N3O2/c1-12-19-9-10-21(12)11-13-7-8-16-17(18(13)22)14-5-3-4-6-15(14)20(16)2;1-19(2)6-5-12-9-17-15-4-3-11(8-14(12)15)7-13-10-21-16(20)18-13/h3-6,9-10,13H,7-8,11H2,1-2H3;3-4,8-9,13,17H,5-7,10H2,1-2H3,(H,18,20)/t;13-/m.0/s1. The number of carbonyl (C=O) groups excluding carboxylic acids is 2. The molecular weight excluding hydrogens is 540 g/mol. The maximum Gasteiger partial charge on any atom is 0.407 e. The number of H-pyrrole nitrogens is 1. The summed E-state index contributed by atoms with van der Waals surface area (Å²) in [6, 6.07) is 14.7. The number of hydrogen-bond acceptors (Lipinski definition) is 5. The minimum absolute atomic E-state index is 0.0474. The van der Waals surface area contributed by atoms with E-state index in [9.17, 15) is 9.59 Å². The van der Waals surface area contributed by atoms with Crippen LogP contribution in [0.25, 0.3) is 21.8 Å². The third-order valence-corrected chi connectivity index (χ3v) is 8.80. The minimum Gasteiger partial charge on any atom is -0.447 e. The number of ether oxygens (including phenoxy) is 1. The van der Waals surface area contributed by atoms with E-state index in [0.29, 0.717) is 6.61 Å². The Morgan fingerprint density at radius 1 is 1.12 bits per heavy atom. The summed E-state index contributed by atoms with van der Waals surface area (Å²) >= 11 is 0. The Morgan fingerprint density at radius 3 is 2.70 bits per heavy atom. The lowest BCUT2D eigenvalue weighted by Gasteiger charge is -2.23. The number of Topliss-reactive ketones (excluding diaryl/α,β-unsaturated/α-hetero) is 1. The number of imidazole rings is 1. The molecule has 1 saturated heterocycles. The molecule has 0 bridgehead atoms. The highest BCUT2D eigenvalue weighted by Crippen LogP contribution is 2.34. The molecule has 1 unspecified atom stereocenters. The van der Waals surface area contributed by atoms with Crippen LogP contribution in [-0.4, -0.2) is 69.2 Å². The number of aromatic amines is 1. The van der Waals surface area contributed by atoms with Gasteiger partial charge >= 0.3 is 6.09 Å². The molecule has 224 valence electrons. The molecule has 1 amide bonds. The number of ketones is 1.